The Morgan fingerprint density at radius 1 is 1.16 bits per heavy atom. The fourth-order valence-corrected chi connectivity index (χ4v) is 2.11. The molecule has 0 saturated heterocycles. The van der Waals surface area contributed by atoms with Gasteiger partial charge in [0, 0.05) is 4.90 Å². The molecule has 0 spiro atoms. The highest BCUT2D eigenvalue weighted by atomic mass is 32.2. The van der Waals surface area contributed by atoms with Gasteiger partial charge >= 0.3 is 11.3 Å². The van der Waals surface area contributed by atoms with Gasteiger partial charge in [-0.25, -0.2) is 9.59 Å². The molecule has 0 bridgehead atoms. The molecule has 0 atom stereocenters. The van der Waals surface area contributed by atoms with Gasteiger partial charge in [0.05, 0.1) is 18.8 Å². The maximum atomic E-state index is 11.9. The van der Waals surface area contributed by atoms with Crippen LogP contribution in [-0.2, 0) is 9.47 Å². The maximum Gasteiger partial charge on any atom is 0.372 e. The zero-order valence-electron chi connectivity index (χ0n) is 11.2. The van der Waals surface area contributed by atoms with Crippen molar-refractivity contribution in [2.24, 2.45) is 0 Å². The minimum atomic E-state index is -0.420. The van der Waals surface area contributed by atoms with E-state index in [1.807, 2.05) is 6.92 Å². The lowest BCUT2D eigenvalue weighted by molar-refractivity contribution is 0.0495. The van der Waals surface area contributed by atoms with Gasteiger partial charge in [0.1, 0.15) is 0 Å². The van der Waals surface area contributed by atoms with E-state index < -0.39 is 11.3 Å². The van der Waals surface area contributed by atoms with Crippen molar-refractivity contribution in [3.63, 3.8) is 0 Å². The summed E-state index contributed by atoms with van der Waals surface area (Å²) >= 11 is 0.900. The molecule has 1 aromatic rings. The van der Waals surface area contributed by atoms with Gasteiger partial charge in [0.2, 0.25) is 0 Å². The summed E-state index contributed by atoms with van der Waals surface area (Å²) in [5, 5.41) is -0.420. The molecule has 0 aromatic heterocycles. The van der Waals surface area contributed by atoms with E-state index >= 15 is 0 Å². The maximum absolute atomic E-state index is 11.9. The fourth-order valence-electron chi connectivity index (χ4n) is 1.35. The van der Waals surface area contributed by atoms with Crippen LogP contribution in [0.5, 0.6) is 0 Å². The molecule has 5 heteroatoms. The van der Waals surface area contributed by atoms with Crippen LogP contribution in [0.2, 0.25) is 0 Å². The predicted molar refractivity (Wildman–Crippen MR) is 74.5 cm³/mol. The van der Waals surface area contributed by atoms with E-state index in [1.54, 1.807) is 31.2 Å². The first-order chi connectivity index (χ1) is 9.19. The third-order valence-electron chi connectivity index (χ3n) is 2.29. The van der Waals surface area contributed by atoms with Gasteiger partial charge in [-0.15, -0.1) is 0 Å². The van der Waals surface area contributed by atoms with Gasteiger partial charge in [-0.3, -0.25) is 0 Å². The molecule has 1 aromatic carbocycles. The van der Waals surface area contributed by atoms with E-state index in [4.69, 9.17) is 9.47 Å². The second-order valence-corrected chi connectivity index (χ2v) is 4.75. The van der Waals surface area contributed by atoms with Gasteiger partial charge in [0.15, 0.2) is 0 Å². The molecule has 0 amide bonds. The molecule has 0 radical (unpaired) electrons. The smallest absolute Gasteiger partial charge is 0.372 e. The van der Waals surface area contributed by atoms with E-state index in [0.29, 0.717) is 23.7 Å². The Hall–Kier alpha value is -1.49. The lowest BCUT2D eigenvalue weighted by atomic mass is 10.2. The monoisotopic (exact) mass is 282 g/mol. The lowest BCUT2D eigenvalue weighted by Gasteiger charge is -2.08. The lowest BCUT2D eigenvalue weighted by Crippen LogP contribution is -2.08. The molecular formula is C14H18O4S. The van der Waals surface area contributed by atoms with Crippen molar-refractivity contribution in [3.8, 4) is 0 Å². The first kappa shape index (κ1) is 15.6. The number of carbonyl (C=O) groups is 2. The summed E-state index contributed by atoms with van der Waals surface area (Å²) in [7, 11) is 0. The number of hydrogen-bond acceptors (Lipinski definition) is 5. The Labute approximate surface area is 117 Å². The van der Waals surface area contributed by atoms with E-state index in [1.165, 1.54) is 0 Å². The summed E-state index contributed by atoms with van der Waals surface area (Å²) in [4.78, 5) is 23.9. The molecule has 19 heavy (non-hydrogen) atoms. The normalized spacial score (nSPS) is 10.0. The van der Waals surface area contributed by atoms with E-state index in [-0.39, 0.29) is 0 Å². The third kappa shape index (κ3) is 5.34. The van der Waals surface area contributed by atoms with Crippen LogP contribution in [0.4, 0.5) is 4.79 Å². The van der Waals surface area contributed by atoms with Crippen LogP contribution in [0.3, 0.4) is 0 Å². The Balaban J connectivity index is 2.72. The molecule has 0 fully saturated rings. The van der Waals surface area contributed by atoms with Gasteiger partial charge in [-0.2, -0.15) is 0 Å². The summed E-state index contributed by atoms with van der Waals surface area (Å²) in [6, 6.07) is 6.86. The largest absolute Gasteiger partial charge is 0.462 e. The van der Waals surface area contributed by atoms with Crippen molar-refractivity contribution in [1.82, 2.24) is 0 Å². The van der Waals surface area contributed by atoms with Crippen LogP contribution in [0, 0.1) is 0 Å². The first-order valence-electron chi connectivity index (χ1n) is 6.29. The Bertz CT molecular complexity index is 431. The minimum Gasteiger partial charge on any atom is -0.462 e. The SMILES string of the molecule is CCCCOC(=O)c1ccccc1SC(=O)OCC. The van der Waals surface area contributed by atoms with Crippen LogP contribution in [0.25, 0.3) is 0 Å². The first-order valence-corrected chi connectivity index (χ1v) is 7.11. The molecule has 0 aliphatic rings. The number of carbonyl (C=O) groups excluding carboxylic acids is 2. The van der Waals surface area contributed by atoms with Crippen LogP contribution in [-0.4, -0.2) is 24.5 Å². The molecule has 0 saturated carbocycles. The highest BCUT2D eigenvalue weighted by Crippen LogP contribution is 2.25. The summed E-state index contributed by atoms with van der Waals surface area (Å²) in [5.74, 6) is -0.402. The molecule has 0 unspecified atom stereocenters. The average Bonchev–Trinajstić information content (AvgIpc) is 2.39. The van der Waals surface area contributed by atoms with Crippen molar-refractivity contribution in [1.29, 1.82) is 0 Å². The van der Waals surface area contributed by atoms with Crippen LogP contribution < -0.4 is 0 Å². The minimum absolute atomic E-state index is 0.314. The van der Waals surface area contributed by atoms with Crippen molar-refractivity contribution >= 4 is 23.0 Å². The average molecular weight is 282 g/mol. The Morgan fingerprint density at radius 3 is 2.58 bits per heavy atom. The second kappa shape index (κ2) is 8.58. The van der Waals surface area contributed by atoms with Gasteiger partial charge in [-0.05, 0) is 37.2 Å². The summed E-state index contributed by atoms with van der Waals surface area (Å²) in [6.07, 6.45) is 1.80. The van der Waals surface area contributed by atoms with Gasteiger partial charge in [0.25, 0.3) is 0 Å². The molecule has 0 heterocycles. The Kier molecular flexibility index (Phi) is 7.03. The standard InChI is InChI=1S/C14H18O4S/c1-3-5-10-18-13(15)11-8-6-7-9-12(11)19-14(16)17-4-2/h6-9H,3-5,10H2,1-2H3. The fraction of sp³-hybridized carbons (Fsp3) is 0.429. The summed E-state index contributed by atoms with van der Waals surface area (Å²) in [5.41, 5.74) is 0.400. The number of thioether (sulfide) groups is 1. The van der Waals surface area contributed by atoms with Crippen LogP contribution in [0.15, 0.2) is 29.2 Å². The van der Waals surface area contributed by atoms with Crippen molar-refractivity contribution < 1.29 is 19.1 Å². The molecule has 4 nitrogen and oxygen atoms in total. The summed E-state index contributed by atoms with van der Waals surface area (Å²) < 4.78 is 10.00. The number of hydrogen-bond donors (Lipinski definition) is 0. The summed E-state index contributed by atoms with van der Waals surface area (Å²) in [6.45, 7) is 4.48. The number of benzene rings is 1. The third-order valence-corrected chi connectivity index (χ3v) is 3.15. The predicted octanol–water partition coefficient (Wildman–Crippen LogP) is 3.89. The Morgan fingerprint density at radius 2 is 1.89 bits per heavy atom. The molecule has 0 aliphatic heterocycles. The number of unbranched alkanes of at least 4 members (excludes halogenated alkanes) is 1. The van der Waals surface area contributed by atoms with E-state index in [2.05, 4.69) is 0 Å². The van der Waals surface area contributed by atoms with E-state index in [0.717, 1.165) is 24.6 Å². The zero-order valence-corrected chi connectivity index (χ0v) is 12.0. The van der Waals surface area contributed by atoms with Gasteiger partial charge in [-0.1, -0.05) is 25.5 Å². The quantitative estimate of drug-likeness (QED) is 0.450. The number of ether oxygens (including phenoxy) is 2. The highest BCUT2D eigenvalue weighted by molar-refractivity contribution is 8.13. The van der Waals surface area contributed by atoms with Crippen molar-refractivity contribution in [3.05, 3.63) is 29.8 Å². The van der Waals surface area contributed by atoms with Crippen LogP contribution in [0.1, 0.15) is 37.0 Å². The van der Waals surface area contributed by atoms with Crippen LogP contribution >= 0.6 is 11.8 Å². The number of rotatable bonds is 6. The highest BCUT2D eigenvalue weighted by Gasteiger charge is 2.15. The van der Waals surface area contributed by atoms with E-state index in [9.17, 15) is 9.59 Å². The molecule has 0 aliphatic carbocycles. The molecule has 0 N–H and O–H groups in total. The van der Waals surface area contributed by atoms with Gasteiger partial charge < -0.3 is 9.47 Å². The molecule has 1 rings (SSSR count). The van der Waals surface area contributed by atoms with Crippen molar-refractivity contribution in [2.75, 3.05) is 13.2 Å². The second-order valence-electron chi connectivity index (χ2n) is 3.77. The zero-order chi connectivity index (χ0) is 14.1. The molecular weight excluding hydrogens is 264 g/mol. The molecule has 104 valence electrons. The van der Waals surface area contributed by atoms with Crippen molar-refractivity contribution in [2.45, 2.75) is 31.6 Å². The topological polar surface area (TPSA) is 52.6 Å². The number of esters is 1.